The average Bonchev–Trinajstić information content (AvgIpc) is 3.02. The molecule has 0 unspecified atom stereocenters. The van der Waals surface area contributed by atoms with E-state index in [1.54, 1.807) is 49.6 Å². The number of aryl methyl sites for hydroxylation is 2. The van der Waals surface area contributed by atoms with Gasteiger partial charge in [0.2, 0.25) is 0 Å². The molecule has 33 heavy (non-hydrogen) atoms. The lowest BCUT2D eigenvalue weighted by Gasteiger charge is -2.17. The maximum atomic E-state index is 13.6. The van der Waals surface area contributed by atoms with E-state index in [2.05, 4.69) is 5.32 Å². The van der Waals surface area contributed by atoms with Gasteiger partial charge in [0.15, 0.2) is 0 Å². The molecule has 0 fully saturated rings. The smallest absolute Gasteiger partial charge is 0.282 e. The second-order valence-corrected chi connectivity index (χ2v) is 8.18. The SMILES string of the molecule is COc1ccc(C2=C(Nc3cc(Cl)ccc3OC)C(=O)N(c3cc(C)cc(C)c3)C2=O)cc1. The Labute approximate surface area is 197 Å². The first-order valence-corrected chi connectivity index (χ1v) is 10.7. The van der Waals surface area contributed by atoms with Crippen LogP contribution in [0, 0.1) is 13.8 Å². The number of amides is 2. The van der Waals surface area contributed by atoms with Crippen LogP contribution in [0.4, 0.5) is 11.4 Å². The average molecular weight is 463 g/mol. The number of methoxy groups -OCH3 is 2. The predicted octanol–water partition coefficient (Wildman–Crippen LogP) is 5.37. The summed E-state index contributed by atoms with van der Waals surface area (Å²) in [5.74, 6) is 0.260. The summed E-state index contributed by atoms with van der Waals surface area (Å²) in [5.41, 5.74) is 3.89. The van der Waals surface area contributed by atoms with Gasteiger partial charge in [-0.05, 0) is 73.0 Å². The van der Waals surface area contributed by atoms with Crippen molar-refractivity contribution in [2.24, 2.45) is 0 Å². The molecule has 0 spiro atoms. The first-order valence-electron chi connectivity index (χ1n) is 10.3. The van der Waals surface area contributed by atoms with E-state index >= 15 is 0 Å². The van der Waals surface area contributed by atoms with Crippen molar-refractivity contribution in [2.75, 3.05) is 24.4 Å². The molecular formula is C26H23ClN2O4. The van der Waals surface area contributed by atoms with Gasteiger partial charge in [-0.25, -0.2) is 4.90 Å². The number of ether oxygens (including phenoxy) is 2. The van der Waals surface area contributed by atoms with Gasteiger partial charge >= 0.3 is 0 Å². The van der Waals surface area contributed by atoms with Crippen LogP contribution in [0.5, 0.6) is 11.5 Å². The molecule has 2 amide bonds. The van der Waals surface area contributed by atoms with Crippen LogP contribution in [0.3, 0.4) is 0 Å². The van der Waals surface area contributed by atoms with Gasteiger partial charge in [0.05, 0.1) is 31.2 Å². The van der Waals surface area contributed by atoms with E-state index in [9.17, 15) is 9.59 Å². The summed E-state index contributed by atoms with van der Waals surface area (Å²) in [4.78, 5) is 28.4. The highest BCUT2D eigenvalue weighted by Crippen LogP contribution is 2.37. The van der Waals surface area contributed by atoms with Crippen LogP contribution in [0.15, 0.2) is 66.4 Å². The molecule has 0 saturated heterocycles. The molecule has 7 heteroatoms. The Hall–Kier alpha value is -3.77. The minimum atomic E-state index is -0.460. The monoisotopic (exact) mass is 462 g/mol. The van der Waals surface area contributed by atoms with E-state index < -0.39 is 11.8 Å². The van der Waals surface area contributed by atoms with Gasteiger partial charge in [-0.3, -0.25) is 9.59 Å². The zero-order chi connectivity index (χ0) is 23.7. The van der Waals surface area contributed by atoms with Gasteiger partial charge in [-0.2, -0.15) is 0 Å². The molecule has 1 heterocycles. The van der Waals surface area contributed by atoms with Crippen molar-refractivity contribution in [1.29, 1.82) is 0 Å². The highest BCUT2D eigenvalue weighted by molar-refractivity contribution is 6.46. The lowest BCUT2D eigenvalue weighted by Crippen LogP contribution is -2.32. The summed E-state index contributed by atoms with van der Waals surface area (Å²) >= 11 is 6.18. The number of hydrogen-bond donors (Lipinski definition) is 1. The number of hydrogen-bond acceptors (Lipinski definition) is 5. The van der Waals surface area contributed by atoms with Crippen LogP contribution in [0.1, 0.15) is 16.7 Å². The Balaban J connectivity index is 1.86. The molecule has 1 aliphatic heterocycles. The molecule has 0 radical (unpaired) electrons. The second-order valence-electron chi connectivity index (χ2n) is 7.74. The molecule has 0 bridgehead atoms. The van der Waals surface area contributed by atoms with E-state index in [0.29, 0.717) is 33.5 Å². The first-order chi connectivity index (χ1) is 15.8. The molecular weight excluding hydrogens is 440 g/mol. The molecule has 0 aromatic heterocycles. The zero-order valence-electron chi connectivity index (χ0n) is 18.7. The normalized spacial score (nSPS) is 13.5. The van der Waals surface area contributed by atoms with Crippen molar-refractivity contribution in [3.8, 4) is 11.5 Å². The van der Waals surface area contributed by atoms with Crippen molar-refractivity contribution in [1.82, 2.24) is 0 Å². The number of halogens is 1. The minimum Gasteiger partial charge on any atom is -0.497 e. The van der Waals surface area contributed by atoms with Crippen molar-refractivity contribution in [3.63, 3.8) is 0 Å². The molecule has 6 nitrogen and oxygen atoms in total. The largest absolute Gasteiger partial charge is 0.497 e. The van der Waals surface area contributed by atoms with Crippen LogP contribution >= 0.6 is 11.6 Å². The van der Waals surface area contributed by atoms with Crippen molar-refractivity contribution in [3.05, 3.63) is 88.1 Å². The van der Waals surface area contributed by atoms with Gasteiger partial charge in [0.25, 0.3) is 11.8 Å². The number of nitrogens with zero attached hydrogens (tertiary/aromatic N) is 1. The summed E-state index contributed by atoms with van der Waals surface area (Å²) in [7, 11) is 3.09. The lowest BCUT2D eigenvalue weighted by molar-refractivity contribution is -0.120. The van der Waals surface area contributed by atoms with Crippen LogP contribution < -0.4 is 19.7 Å². The number of rotatable bonds is 6. The highest BCUT2D eigenvalue weighted by atomic mass is 35.5. The van der Waals surface area contributed by atoms with Crippen LogP contribution in [-0.2, 0) is 9.59 Å². The molecule has 0 saturated carbocycles. The molecule has 1 aliphatic rings. The van der Waals surface area contributed by atoms with Crippen LogP contribution in [-0.4, -0.2) is 26.0 Å². The topological polar surface area (TPSA) is 67.9 Å². The Bertz CT molecular complexity index is 1260. The Morgan fingerprint density at radius 1 is 0.818 bits per heavy atom. The molecule has 1 N–H and O–H groups in total. The summed E-state index contributed by atoms with van der Waals surface area (Å²) < 4.78 is 10.7. The third kappa shape index (κ3) is 4.30. The fourth-order valence-electron chi connectivity index (χ4n) is 3.90. The Kier molecular flexibility index (Phi) is 6.11. The predicted molar refractivity (Wildman–Crippen MR) is 130 cm³/mol. The van der Waals surface area contributed by atoms with E-state index in [1.165, 1.54) is 12.0 Å². The molecule has 4 rings (SSSR count). The van der Waals surface area contributed by atoms with E-state index in [-0.39, 0.29) is 11.3 Å². The lowest BCUT2D eigenvalue weighted by atomic mass is 10.0. The van der Waals surface area contributed by atoms with Gasteiger partial charge < -0.3 is 14.8 Å². The summed E-state index contributed by atoms with van der Waals surface area (Å²) in [5, 5.41) is 3.58. The molecule has 3 aromatic rings. The third-order valence-corrected chi connectivity index (χ3v) is 5.58. The maximum absolute atomic E-state index is 13.6. The summed E-state index contributed by atoms with van der Waals surface area (Å²) in [6.07, 6.45) is 0. The molecule has 168 valence electrons. The standard InChI is InChI=1S/C26H23ClN2O4/c1-15-11-16(2)13-19(12-15)29-25(30)23(17-5-8-20(32-3)9-6-17)24(26(29)31)28-21-14-18(27)7-10-22(21)33-4/h5-14,28H,1-4H3. The fourth-order valence-corrected chi connectivity index (χ4v) is 4.07. The number of anilines is 2. The first kappa shape index (κ1) is 22.4. The number of nitrogens with one attached hydrogen (secondary N) is 1. The van der Waals surface area contributed by atoms with Crippen LogP contribution in [0.25, 0.3) is 5.57 Å². The number of imide groups is 1. The summed E-state index contributed by atoms with van der Waals surface area (Å²) in [6, 6.07) is 17.7. The quantitative estimate of drug-likeness (QED) is 0.499. The second kappa shape index (κ2) is 9.00. The van der Waals surface area contributed by atoms with E-state index in [4.69, 9.17) is 21.1 Å². The van der Waals surface area contributed by atoms with E-state index in [0.717, 1.165) is 11.1 Å². The minimum absolute atomic E-state index is 0.143. The van der Waals surface area contributed by atoms with E-state index in [1.807, 2.05) is 32.0 Å². The van der Waals surface area contributed by atoms with Crippen molar-refractivity contribution < 1.29 is 19.1 Å². The Morgan fingerprint density at radius 2 is 1.48 bits per heavy atom. The van der Waals surface area contributed by atoms with Gasteiger partial charge in [-0.1, -0.05) is 29.8 Å². The maximum Gasteiger partial charge on any atom is 0.282 e. The van der Waals surface area contributed by atoms with Gasteiger partial charge in [0, 0.05) is 5.02 Å². The number of carbonyl (C=O) groups excluding carboxylic acids is 2. The third-order valence-electron chi connectivity index (χ3n) is 5.35. The highest BCUT2D eigenvalue weighted by Gasteiger charge is 2.40. The van der Waals surface area contributed by atoms with Crippen molar-refractivity contribution >= 4 is 40.4 Å². The Morgan fingerprint density at radius 3 is 2.09 bits per heavy atom. The van der Waals surface area contributed by atoms with Gasteiger partial charge in [-0.15, -0.1) is 0 Å². The fraction of sp³-hybridized carbons (Fsp3) is 0.154. The number of carbonyl (C=O) groups is 2. The summed E-state index contributed by atoms with van der Waals surface area (Å²) in [6.45, 7) is 3.85. The molecule has 0 aliphatic carbocycles. The zero-order valence-corrected chi connectivity index (χ0v) is 19.5. The number of benzene rings is 3. The van der Waals surface area contributed by atoms with Gasteiger partial charge in [0.1, 0.15) is 17.2 Å². The molecule has 0 atom stereocenters. The van der Waals surface area contributed by atoms with Crippen LogP contribution in [0.2, 0.25) is 5.02 Å². The molecule has 3 aromatic carbocycles. The van der Waals surface area contributed by atoms with Crippen molar-refractivity contribution in [2.45, 2.75) is 13.8 Å².